The molecule has 2 aromatic carbocycles. The SMILES string of the molecule is COc1ccc(C(=O)NNS(=O)(=O)c2ccc3c(c2)N(CC(=O)O)C(=O)CO3)cc1. The number of aliphatic carboxylic acids is 1. The number of hydrogen-bond acceptors (Lipinski definition) is 7. The monoisotopic (exact) mass is 435 g/mol. The second-order valence-electron chi connectivity index (χ2n) is 6.08. The Balaban J connectivity index is 1.79. The summed E-state index contributed by atoms with van der Waals surface area (Å²) in [6.07, 6.45) is 0. The van der Waals surface area contributed by atoms with E-state index >= 15 is 0 Å². The van der Waals surface area contributed by atoms with Gasteiger partial charge in [-0.25, -0.2) is 8.42 Å². The van der Waals surface area contributed by atoms with E-state index in [0.29, 0.717) is 5.75 Å². The number of anilines is 1. The number of carbonyl (C=O) groups is 3. The van der Waals surface area contributed by atoms with Gasteiger partial charge in [0.25, 0.3) is 21.8 Å². The molecule has 1 aliphatic heterocycles. The highest BCUT2D eigenvalue weighted by molar-refractivity contribution is 7.89. The number of hydrazine groups is 1. The minimum absolute atomic E-state index is 0.00185. The van der Waals surface area contributed by atoms with Crippen LogP contribution in [-0.2, 0) is 19.6 Å². The van der Waals surface area contributed by atoms with Crippen molar-refractivity contribution in [3.63, 3.8) is 0 Å². The molecular formula is C18H17N3O8S. The molecule has 2 aromatic rings. The number of sulfonamides is 1. The van der Waals surface area contributed by atoms with E-state index in [2.05, 4.69) is 5.43 Å². The summed E-state index contributed by atoms with van der Waals surface area (Å²) in [4.78, 5) is 37.7. The largest absolute Gasteiger partial charge is 0.497 e. The molecule has 0 atom stereocenters. The van der Waals surface area contributed by atoms with Gasteiger partial charge in [-0.15, -0.1) is 4.83 Å². The second-order valence-corrected chi connectivity index (χ2v) is 7.76. The molecule has 0 radical (unpaired) electrons. The highest BCUT2D eigenvalue weighted by Crippen LogP contribution is 2.34. The van der Waals surface area contributed by atoms with E-state index in [4.69, 9.17) is 14.6 Å². The Morgan fingerprint density at radius 2 is 1.90 bits per heavy atom. The van der Waals surface area contributed by atoms with E-state index in [0.717, 1.165) is 11.0 Å². The molecule has 0 aromatic heterocycles. The predicted octanol–water partition coefficient (Wildman–Crippen LogP) is 0.129. The molecule has 0 fully saturated rings. The fourth-order valence-electron chi connectivity index (χ4n) is 2.64. The standard InChI is InChI=1S/C18H17N3O8S/c1-28-12-4-2-11(3-5-12)18(25)19-20-30(26,27)13-6-7-15-14(8-13)21(9-17(23)24)16(22)10-29-15/h2-8,20H,9-10H2,1H3,(H,19,25)(H,23,24). The lowest BCUT2D eigenvalue weighted by Gasteiger charge is -2.28. The summed E-state index contributed by atoms with van der Waals surface area (Å²) in [6, 6.07) is 9.59. The zero-order valence-electron chi connectivity index (χ0n) is 15.6. The first kappa shape index (κ1) is 21.1. The van der Waals surface area contributed by atoms with Gasteiger partial charge in [-0.05, 0) is 42.5 Å². The Labute approximate surface area is 171 Å². The Kier molecular flexibility index (Phi) is 5.89. The molecule has 0 unspecified atom stereocenters. The zero-order valence-corrected chi connectivity index (χ0v) is 16.4. The molecule has 2 amide bonds. The van der Waals surface area contributed by atoms with E-state index in [1.54, 1.807) is 12.1 Å². The van der Waals surface area contributed by atoms with E-state index in [1.807, 2.05) is 4.83 Å². The van der Waals surface area contributed by atoms with Crippen LogP contribution >= 0.6 is 0 Å². The van der Waals surface area contributed by atoms with Crippen LogP contribution in [0.2, 0.25) is 0 Å². The number of hydrogen-bond donors (Lipinski definition) is 3. The summed E-state index contributed by atoms with van der Waals surface area (Å²) in [5, 5.41) is 9.00. The molecule has 3 rings (SSSR count). The topological polar surface area (TPSA) is 151 Å². The number of carboxylic acids is 1. The number of amides is 2. The molecule has 0 saturated heterocycles. The van der Waals surface area contributed by atoms with Gasteiger partial charge in [0, 0.05) is 5.56 Å². The van der Waals surface area contributed by atoms with Gasteiger partial charge in [-0.2, -0.15) is 0 Å². The van der Waals surface area contributed by atoms with Crippen LogP contribution in [0, 0.1) is 0 Å². The number of carboxylic acid groups (broad SMARTS) is 1. The Bertz CT molecular complexity index is 1100. The number of fused-ring (bicyclic) bond motifs is 1. The Hall–Kier alpha value is -3.64. The van der Waals surface area contributed by atoms with Crippen molar-refractivity contribution < 1.29 is 37.4 Å². The van der Waals surface area contributed by atoms with Crippen molar-refractivity contribution in [3.8, 4) is 11.5 Å². The molecule has 0 bridgehead atoms. The smallest absolute Gasteiger partial charge is 0.323 e. The van der Waals surface area contributed by atoms with Crippen molar-refractivity contribution in [1.29, 1.82) is 0 Å². The van der Waals surface area contributed by atoms with Gasteiger partial charge in [-0.1, -0.05) is 0 Å². The first-order valence-electron chi connectivity index (χ1n) is 8.46. The van der Waals surface area contributed by atoms with E-state index < -0.39 is 34.4 Å². The maximum Gasteiger partial charge on any atom is 0.323 e. The molecule has 0 aliphatic carbocycles. The maximum atomic E-state index is 12.6. The van der Waals surface area contributed by atoms with Crippen LogP contribution in [0.5, 0.6) is 11.5 Å². The van der Waals surface area contributed by atoms with Gasteiger partial charge in [0.15, 0.2) is 6.61 Å². The van der Waals surface area contributed by atoms with Gasteiger partial charge < -0.3 is 14.6 Å². The lowest BCUT2D eigenvalue weighted by atomic mass is 10.2. The Morgan fingerprint density at radius 1 is 1.20 bits per heavy atom. The predicted molar refractivity (Wildman–Crippen MR) is 103 cm³/mol. The Morgan fingerprint density at radius 3 is 2.53 bits per heavy atom. The fourth-order valence-corrected chi connectivity index (χ4v) is 3.50. The van der Waals surface area contributed by atoms with Gasteiger partial charge in [0.1, 0.15) is 18.0 Å². The first-order chi connectivity index (χ1) is 14.2. The van der Waals surface area contributed by atoms with Gasteiger partial charge in [0.05, 0.1) is 17.7 Å². The number of benzene rings is 2. The lowest BCUT2D eigenvalue weighted by Crippen LogP contribution is -2.43. The molecule has 1 heterocycles. The summed E-state index contributed by atoms with van der Waals surface area (Å²) in [5.41, 5.74) is 2.27. The summed E-state index contributed by atoms with van der Waals surface area (Å²) in [5.74, 6) is -1.90. The van der Waals surface area contributed by atoms with Crippen LogP contribution in [0.1, 0.15) is 10.4 Å². The minimum atomic E-state index is -4.23. The van der Waals surface area contributed by atoms with Crippen LogP contribution in [0.4, 0.5) is 5.69 Å². The summed E-state index contributed by atoms with van der Waals surface area (Å²) in [7, 11) is -2.76. The normalized spacial score (nSPS) is 13.2. The highest BCUT2D eigenvalue weighted by Gasteiger charge is 2.29. The van der Waals surface area contributed by atoms with E-state index in [9.17, 15) is 22.8 Å². The van der Waals surface area contributed by atoms with Crippen molar-refractivity contribution in [3.05, 3.63) is 48.0 Å². The molecular weight excluding hydrogens is 418 g/mol. The minimum Gasteiger partial charge on any atom is -0.497 e. The van der Waals surface area contributed by atoms with Gasteiger partial charge in [0.2, 0.25) is 0 Å². The quantitative estimate of drug-likeness (QED) is 0.519. The maximum absolute atomic E-state index is 12.6. The average Bonchev–Trinajstić information content (AvgIpc) is 2.73. The van der Waals surface area contributed by atoms with Crippen LogP contribution in [0.3, 0.4) is 0 Å². The number of carbonyl (C=O) groups excluding carboxylic acids is 2. The second kappa shape index (κ2) is 8.39. The molecule has 158 valence electrons. The molecule has 12 heteroatoms. The van der Waals surface area contributed by atoms with Crippen molar-refractivity contribution >= 4 is 33.5 Å². The number of ether oxygens (including phenoxy) is 2. The number of rotatable bonds is 7. The van der Waals surface area contributed by atoms with Crippen molar-refractivity contribution in [1.82, 2.24) is 10.3 Å². The molecule has 1 aliphatic rings. The average molecular weight is 435 g/mol. The molecule has 0 saturated carbocycles. The zero-order chi connectivity index (χ0) is 21.9. The summed E-state index contributed by atoms with van der Waals surface area (Å²) in [6.45, 7) is -1.01. The number of nitrogens with zero attached hydrogens (tertiary/aromatic N) is 1. The van der Waals surface area contributed by atoms with Gasteiger partial charge in [-0.3, -0.25) is 24.7 Å². The lowest BCUT2D eigenvalue weighted by molar-refractivity contribution is -0.137. The van der Waals surface area contributed by atoms with Gasteiger partial charge >= 0.3 is 5.97 Å². The van der Waals surface area contributed by atoms with E-state index in [1.165, 1.54) is 31.4 Å². The molecule has 0 spiro atoms. The van der Waals surface area contributed by atoms with Crippen molar-refractivity contribution in [2.24, 2.45) is 0 Å². The van der Waals surface area contributed by atoms with Crippen LogP contribution in [-0.4, -0.2) is 51.6 Å². The third kappa shape index (κ3) is 4.50. The third-order valence-corrected chi connectivity index (χ3v) is 5.37. The summed E-state index contributed by atoms with van der Waals surface area (Å²) >= 11 is 0. The van der Waals surface area contributed by atoms with Crippen molar-refractivity contribution in [2.75, 3.05) is 25.2 Å². The third-order valence-electron chi connectivity index (χ3n) is 4.13. The fraction of sp³-hybridized carbons (Fsp3) is 0.167. The van der Waals surface area contributed by atoms with Crippen LogP contribution < -0.4 is 24.6 Å². The highest BCUT2D eigenvalue weighted by atomic mass is 32.2. The molecule has 11 nitrogen and oxygen atoms in total. The number of methoxy groups -OCH3 is 1. The van der Waals surface area contributed by atoms with Crippen LogP contribution in [0.15, 0.2) is 47.4 Å². The number of nitrogens with one attached hydrogen (secondary N) is 2. The van der Waals surface area contributed by atoms with E-state index in [-0.39, 0.29) is 28.5 Å². The molecule has 3 N–H and O–H groups in total. The molecule has 30 heavy (non-hydrogen) atoms. The van der Waals surface area contributed by atoms with Crippen molar-refractivity contribution in [2.45, 2.75) is 4.90 Å². The van der Waals surface area contributed by atoms with Crippen LogP contribution in [0.25, 0.3) is 0 Å². The first-order valence-corrected chi connectivity index (χ1v) is 9.95. The summed E-state index contributed by atoms with van der Waals surface area (Å²) < 4.78 is 35.3.